The van der Waals surface area contributed by atoms with Crippen LogP contribution in [0.3, 0.4) is 0 Å². The maximum atomic E-state index is 5.69. The van der Waals surface area contributed by atoms with Crippen LogP contribution in [-0.4, -0.2) is 71.1 Å². The number of nitrogens with one attached hydrogen (secondary N) is 1. The van der Waals surface area contributed by atoms with Gasteiger partial charge in [0, 0.05) is 50.7 Å². The Morgan fingerprint density at radius 3 is 2.50 bits per heavy atom. The first kappa shape index (κ1) is 22.4. The molecule has 0 unspecified atom stereocenters. The molecule has 174 valence electrons. The van der Waals surface area contributed by atoms with Crippen molar-refractivity contribution in [1.29, 1.82) is 0 Å². The van der Waals surface area contributed by atoms with Gasteiger partial charge < -0.3 is 15.1 Å². The molecule has 5 nitrogen and oxygen atoms in total. The van der Waals surface area contributed by atoms with Gasteiger partial charge in [0.05, 0.1) is 4.70 Å². The molecule has 3 aliphatic rings. The van der Waals surface area contributed by atoms with Crippen molar-refractivity contribution in [2.75, 3.05) is 50.7 Å². The lowest BCUT2D eigenvalue weighted by Gasteiger charge is -2.37. The van der Waals surface area contributed by atoms with Crippen LogP contribution in [0.1, 0.15) is 51.4 Å². The molecule has 0 spiro atoms. The molecule has 2 saturated heterocycles. The Bertz CT molecular complexity index is 877. The minimum absolute atomic E-state index is 0.595. The van der Waals surface area contributed by atoms with Gasteiger partial charge in [0.25, 0.3) is 0 Å². The molecule has 1 aliphatic carbocycles. The van der Waals surface area contributed by atoms with Gasteiger partial charge in [-0.1, -0.05) is 12.1 Å². The van der Waals surface area contributed by atoms with Crippen LogP contribution < -0.4 is 10.2 Å². The number of likely N-dealkylation sites (tertiary alicyclic amines) is 1. The highest BCUT2D eigenvalue weighted by Crippen LogP contribution is 2.30. The van der Waals surface area contributed by atoms with Crippen LogP contribution in [0.15, 0.2) is 24.3 Å². The van der Waals surface area contributed by atoms with Gasteiger partial charge in [-0.15, -0.1) is 0 Å². The third-order valence-corrected chi connectivity index (χ3v) is 8.89. The van der Waals surface area contributed by atoms with E-state index in [-0.39, 0.29) is 0 Å². The summed E-state index contributed by atoms with van der Waals surface area (Å²) in [5.41, 5.74) is 0. The van der Waals surface area contributed by atoms with E-state index in [4.69, 9.17) is 16.6 Å². The van der Waals surface area contributed by atoms with Crippen molar-refractivity contribution in [2.45, 2.75) is 57.4 Å². The zero-order valence-electron chi connectivity index (χ0n) is 19.2. The van der Waals surface area contributed by atoms with Gasteiger partial charge in [0.15, 0.2) is 5.11 Å². The third-order valence-electron chi connectivity index (χ3n) is 7.70. The lowest BCUT2D eigenvalue weighted by atomic mass is 9.84. The molecule has 2 aromatic rings. The van der Waals surface area contributed by atoms with Crippen molar-refractivity contribution < 1.29 is 0 Å². The molecule has 0 amide bonds. The number of thiocarbonyl (C=S) groups is 1. The van der Waals surface area contributed by atoms with Crippen LogP contribution in [0.4, 0.5) is 5.82 Å². The molecule has 5 rings (SSSR count). The highest BCUT2D eigenvalue weighted by atomic mass is 32.1. The Labute approximate surface area is 202 Å². The van der Waals surface area contributed by atoms with E-state index in [1.54, 1.807) is 11.5 Å². The molecule has 32 heavy (non-hydrogen) atoms. The van der Waals surface area contributed by atoms with Crippen molar-refractivity contribution in [1.82, 2.24) is 19.5 Å². The lowest BCUT2D eigenvalue weighted by molar-refractivity contribution is 0.213. The lowest BCUT2D eigenvalue weighted by Crippen LogP contribution is -2.48. The van der Waals surface area contributed by atoms with E-state index < -0.39 is 0 Å². The molecule has 1 N–H and O–H groups in total. The molecule has 1 aromatic carbocycles. The van der Waals surface area contributed by atoms with E-state index in [2.05, 4.69) is 44.3 Å². The second kappa shape index (κ2) is 10.7. The zero-order chi connectivity index (χ0) is 21.8. The zero-order valence-corrected chi connectivity index (χ0v) is 20.8. The number of piperazine rings is 1. The van der Waals surface area contributed by atoms with E-state index in [9.17, 15) is 0 Å². The fraction of sp³-hybridized carbons (Fsp3) is 0.680. The first-order valence-corrected chi connectivity index (χ1v) is 13.8. The van der Waals surface area contributed by atoms with Crippen molar-refractivity contribution in [3.05, 3.63) is 24.3 Å². The summed E-state index contributed by atoms with van der Waals surface area (Å²) in [6, 6.07) is 9.22. The Kier molecular flexibility index (Phi) is 7.45. The molecule has 0 atom stereocenters. The molecule has 3 heterocycles. The normalized spacial score (nSPS) is 25.2. The number of hydrogen-bond acceptors (Lipinski definition) is 5. The first-order chi connectivity index (χ1) is 15.8. The number of aromatic nitrogens is 1. The number of anilines is 1. The fourth-order valence-electron chi connectivity index (χ4n) is 5.61. The quantitative estimate of drug-likeness (QED) is 0.635. The predicted octanol–water partition coefficient (Wildman–Crippen LogP) is 4.73. The molecule has 1 saturated carbocycles. The van der Waals surface area contributed by atoms with Crippen molar-refractivity contribution in [3.63, 3.8) is 0 Å². The van der Waals surface area contributed by atoms with Crippen molar-refractivity contribution >= 4 is 44.8 Å². The monoisotopic (exact) mass is 471 g/mol. The van der Waals surface area contributed by atoms with E-state index in [0.717, 1.165) is 50.3 Å². The first-order valence-electron chi connectivity index (χ1n) is 12.6. The Morgan fingerprint density at radius 2 is 1.72 bits per heavy atom. The van der Waals surface area contributed by atoms with E-state index in [1.807, 2.05) is 0 Å². The summed E-state index contributed by atoms with van der Waals surface area (Å²) in [4.78, 5) is 7.54. The van der Waals surface area contributed by atoms with Crippen LogP contribution in [0.25, 0.3) is 10.1 Å². The van der Waals surface area contributed by atoms with Gasteiger partial charge in [-0.25, -0.2) is 0 Å². The van der Waals surface area contributed by atoms with Gasteiger partial charge in [0.2, 0.25) is 0 Å². The summed E-state index contributed by atoms with van der Waals surface area (Å²) < 4.78 is 6.05. The van der Waals surface area contributed by atoms with Crippen LogP contribution in [0.5, 0.6) is 0 Å². The average molecular weight is 472 g/mol. The molecule has 2 aliphatic heterocycles. The van der Waals surface area contributed by atoms with Gasteiger partial charge in [-0.2, -0.15) is 4.37 Å². The molecule has 0 bridgehead atoms. The molecule has 1 aromatic heterocycles. The number of rotatable bonds is 5. The van der Waals surface area contributed by atoms with Gasteiger partial charge in [0.1, 0.15) is 5.82 Å². The summed E-state index contributed by atoms with van der Waals surface area (Å²) in [7, 11) is 0. The molecular weight excluding hydrogens is 434 g/mol. The van der Waals surface area contributed by atoms with Crippen LogP contribution in [0, 0.1) is 5.92 Å². The summed E-state index contributed by atoms with van der Waals surface area (Å²) in [5, 5.41) is 6.01. The fourth-order valence-corrected chi connectivity index (χ4v) is 6.75. The van der Waals surface area contributed by atoms with E-state index in [1.165, 1.54) is 73.8 Å². The number of piperidine rings is 1. The van der Waals surface area contributed by atoms with Crippen molar-refractivity contribution in [3.8, 4) is 0 Å². The molecule has 3 fully saturated rings. The SMILES string of the molecule is S=C(NC1CCC(CCN2CCN(c3nsc4ccccc34)CC2)CC1)N1CCCCC1. The largest absolute Gasteiger partial charge is 0.360 e. The summed E-state index contributed by atoms with van der Waals surface area (Å²) in [5.74, 6) is 2.08. The second-order valence-electron chi connectivity index (χ2n) is 9.83. The third kappa shape index (κ3) is 5.37. The summed E-state index contributed by atoms with van der Waals surface area (Å²) in [6.07, 6.45) is 10.6. The maximum absolute atomic E-state index is 5.69. The maximum Gasteiger partial charge on any atom is 0.169 e. The standard InChI is InChI=1S/C25H37N5S2/c31-25(30-13-4-1-5-14-30)26-21-10-8-20(9-11-21)12-15-28-16-18-29(19-17-28)24-22-6-2-3-7-23(22)32-27-24/h2-3,6-7,20-21H,1,4-5,8-19H2,(H,26,31). The van der Waals surface area contributed by atoms with Gasteiger partial charge >= 0.3 is 0 Å². The van der Waals surface area contributed by atoms with E-state index >= 15 is 0 Å². The van der Waals surface area contributed by atoms with Crippen LogP contribution in [-0.2, 0) is 0 Å². The van der Waals surface area contributed by atoms with Crippen LogP contribution >= 0.6 is 23.8 Å². The average Bonchev–Trinajstić information content (AvgIpc) is 3.29. The minimum atomic E-state index is 0.595. The summed E-state index contributed by atoms with van der Waals surface area (Å²) in [6.45, 7) is 8.05. The van der Waals surface area contributed by atoms with Crippen molar-refractivity contribution in [2.24, 2.45) is 5.92 Å². The highest BCUT2D eigenvalue weighted by Gasteiger charge is 2.25. The van der Waals surface area contributed by atoms with E-state index in [0.29, 0.717) is 6.04 Å². The second-order valence-corrected chi connectivity index (χ2v) is 11.0. The molecule has 0 radical (unpaired) electrons. The minimum Gasteiger partial charge on any atom is -0.360 e. The van der Waals surface area contributed by atoms with Crippen LogP contribution in [0.2, 0.25) is 0 Å². The smallest absolute Gasteiger partial charge is 0.169 e. The molecular formula is C25H37N5S2. The van der Waals surface area contributed by atoms with Gasteiger partial charge in [-0.05, 0) is 99.7 Å². The number of fused-ring (bicyclic) bond motifs is 1. The topological polar surface area (TPSA) is 34.6 Å². The number of nitrogens with zero attached hydrogens (tertiary/aromatic N) is 4. The predicted molar refractivity (Wildman–Crippen MR) is 140 cm³/mol. The summed E-state index contributed by atoms with van der Waals surface area (Å²) >= 11 is 7.31. The molecule has 7 heteroatoms. The number of benzene rings is 1. The Hall–Kier alpha value is -1.44. The Balaban J connectivity index is 1.01. The highest BCUT2D eigenvalue weighted by molar-refractivity contribution is 7.80. The van der Waals surface area contributed by atoms with Gasteiger partial charge in [-0.3, -0.25) is 4.90 Å². The Morgan fingerprint density at radius 1 is 0.969 bits per heavy atom. The number of hydrogen-bond donors (Lipinski definition) is 1.